The predicted molar refractivity (Wildman–Crippen MR) is 65.1 cm³/mol. The summed E-state index contributed by atoms with van der Waals surface area (Å²) in [6, 6.07) is 8.11. The van der Waals surface area contributed by atoms with E-state index in [4.69, 9.17) is 0 Å². The lowest BCUT2D eigenvalue weighted by molar-refractivity contribution is 0.0947. The number of rotatable bonds is 4. The summed E-state index contributed by atoms with van der Waals surface area (Å²) >= 11 is 0. The average molecular weight is 244 g/mol. The minimum Gasteiger partial charge on any atom is -0.349 e. The number of carbonyl (C=O) groups excluding carboxylic acids is 1. The smallest absolute Gasteiger partial charge is 0.269 e. The monoisotopic (exact) mass is 244 g/mol. The lowest BCUT2D eigenvalue weighted by Gasteiger charge is -2.05. The van der Waals surface area contributed by atoms with Gasteiger partial charge >= 0.3 is 0 Å². The maximum absolute atomic E-state index is 11.6. The van der Waals surface area contributed by atoms with Crippen molar-refractivity contribution in [3.8, 4) is 0 Å². The maximum atomic E-state index is 11.6. The van der Waals surface area contributed by atoms with Crippen LogP contribution >= 0.6 is 0 Å². The van der Waals surface area contributed by atoms with E-state index in [1.165, 1.54) is 16.9 Å². The molecule has 0 atom stereocenters. The second-order valence-corrected chi connectivity index (χ2v) is 3.56. The van der Waals surface area contributed by atoms with Crippen LogP contribution in [0.25, 0.3) is 0 Å². The standard InChI is InChI=1S/C12H12N4O2/c17-11-5-3-7-15-16(11)9-8-14-12(18)10-4-1-2-6-13-10/h1-7H,8-9H2,(H,14,18). The van der Waals surface area contributed by atoms with E-state index in [0.29, 0.717) is 18.8 Å². The van der Waals surface area contributed by atoms with Gasteiger partial charge < -0.3 is 5.32 Å². The van der Waals surface area contributed by atoms with Crippen LogP contribution in [0.3, 0.4) is 0 Å². The van der Waals surface area contributed by atoms with Crippen LogP contribution in [0.15, 0.2) is 47.5 Å². The van der Waals surface area contributed by atoms with Crippen molar-refractivity contribution in [2.45, 2.75) is 6.54 Å². The fraction of sp³-hybridized carbons (Fsp3) is 0.167. The zero-order valence-corrected chi connectivity index (χ0v) is 9.61. The van der Waals surface area contributed by atoms with Gasteiger partial charge in [0, 0.05) is 25.0 Å². The Balaban J connectivity index is 1.88. The summed E-state index contributed by atoms with van der Waals surface area (Å²) in [6.07, 6.45) is 3.08. The molecule has 18 heavy (non-hydrogen) atoms. The number of hydrogen-bond donors (Lipinski definition) is 1. The summed E-state index contributed by atoms with van der Waals surface area (Å²) in [6.45, 7) is 0.657. The molecule has 0 saturated carbocycles. The van der Waals surface area contributed by atoms with Gasteiger partial charge in [0.1, 0.15) is 5.69 Å². The highest BCUT2D eigenvalue weighted by atomic mass is 16.2. The van der Waals surface area contributed by atoms with Crippen LogP contribution in [-0.4, -0.2) is 27.2 Å². The Morgan fingerprint density at radius 3 is 2.83 bits per heavy atom. The van der Waals surface area contributed by atoms with Crippen molar-refractivity contribution in [1.29, 1.82) is 0 Å². The van der Waals surface area contributed by atoms with Gasteiger partial charge in [0.05, 0.1) is 6.54 Å². The first-order valence-electron chi connectivity index (χ1n) is 5.49. The lowest BCUT2D eigenvalue weighted by Crippen LogP contribution is -2.31. The molecule has 0 unspecified atom stereocenters. The molecule has 0 spiro atoms. The van der Waals surface area contributed by atoms with E-state index in [1.807, 2.05) is 0 Å². The molecule has 0 bridgehead atoms. The molecule has 2 heterocycles. The highest BCUT2D eigenvalue weighted by Crippen LogP contribution is 1.92. The quantitative estimate of drug-likeness (QED) is 0.825. The second-order valence-electron chi connectivity index (χ2n) is 3.56. The van der Waals surface area contributed by atoms with Gasteiger partial charge in [-0.3, -0.25) is 14.6 Å². The number of nitrogens with zero attached hydrogens (tertiary/aromatic N) is 3. The van der Waals surface area contributed by atoms with Gasteiger partial charge in [0.2, 0.25) is 0 Å². The van der Waals surface area contributed by atoms with E-state index in [0.717, 1.165) is 0 Å². The topological polar surface area (TPSA) is 76.9 Å². The van der Waals surface area contributed by atoms with E-state index in [9.17, 15) is 9.59 Å². The molecule has 0 fully saturated rings. The number of pyridine rings is 1. The van der Waals surface area contributed by atoms with Gasteiger partial charge in [-0.2, -0.15) is 5.10 Å². The Labute approximate surface area is 103 Å². The SMILES string of the molecule is O=C(NCCn1ncccc1=O)c1ccccn1. The van der Waals surface area contributed by atoms with Crippen molar-refractivity contribution in [3.05, 3.63) is 58.8 Å². The third kappa shape index (κ3) is 3.00. The fourth-order valence-electron chi connectivity index (χ4n) is 1.42. The van der Waals surface area contributed by atoms with E-state index in [1.54, 1.807) is 30.5 Å². The molecule has 0 aliphatic heterocycles. The molecule has 0 aromatic carbocycles. The van der Waals surface area contributed by atoms with Crippen molar-refractivity contribution in [2.24, 2.45) is 0 Å². The van der Waals surface area contributed by atoms with Gasteiger partial charge in [-0.15, -0.1) is 0 Å². The third-order valence-electron chi connectivity index (χ3n) is 2.29. The minimum atomic E-state index is -0.264. The maximum Gasteiger partial charge on any atom is 0.269 e. The zero-order chi connectivity index (χ0) is 12.8. The highest BCUT2D eigenvalue weighted by Gasteiger charge is 2.05. The summed E-state index contributed by atoms with van der Waals surface area (Å²) in [7, 11) is 0. The average Bonchev–Trinajstić information content (AvgIpc) is 2.42. The van der Waals surface area contributed by atoms with Gasteiger partial charge in [0.15, 0.2) is 0 Å². The molecule has 6 nitrogen and oxygen atoms in total. The molecule has 2 aromatic heterocycles. The number of nitrogens with one attached hydrogen (secondary N) is 1. The Morgan fingerprint density at radius 2 is 2.11 bits per heavy atom. The molecule has 0 saturated heterocycles. The largest absolute Gasteiger partial charge is 0.349 e. The molecule has 0 aliphatic rings. The van der Waals surface area contributed by atoms with Crippen molar-refractivity contribution in [3.63, 3.8) is 0 Å². The van der Waals surface area contributed by atoms with E-state index in [-0.39, 0.29) is 11.5 Å². The third-order valence-corrected chi connectivity index (χ3v) is 2.29. The first-order valence-corrected chi connectivity index (χ1v) is 5.49. The molecule has 6 heteroatoms. The number of hydrogen-bond acceptors (Lipinski definition) is 4. The highest BCUT2D eigenvalue weighted by molar-refractivity contribution is 5.92. The van der Waals surface area contributed by atoms with Crippen molar-refractivity contribution >= 4 is 5.91 Å². The molecular formula is C12H12N4O2. The number of aromatic nitrogens is 3. The minimum absolute atomic E-state index is 0.190. The lowest BCUT2D eigenvalue weighted by atomic mass is 10.3. The fourth-order valence-corrected chi connectivity index (χ4v) is 1.42. The van der Waals surface area contributed by atoms with Gasteiger partial charge in [0.25, 0.3) is 11.5 Å². The normalized spacial score (nSPS) is 10.0. The number of carbonyl (C=O) groups is 1. The van der Waals surface area contributed by atoms with E-state index in [2.05, 4.69) is 15.4 Å². The summed E-state index contributed by atoms with van der Waals surface area (Å²) < 4.78 is 1.29. The first kappa shape index (κ1) is 12.0. The molecule has 1 amide bonds. The zero-order valence-electron chi connectivity index (χ0n) is 9.61. The Morgan fingerprint density at radius 1 is 1.22 bits per heavy atom. The summed E-state index contributed by atoms with van der Waals surface area (Å²) in [4.78, 5) is 26.9. The second kappa shape index (κ2) is 5.72. The molecule has 0 radical (unpaired) electrons. The Kier molecular flexibility index (Phi) is 3.80. The van der Waals surface area contributed by atoms with E-state index < -0.39 is 0 Å². The summed E-state index contributed by atoms with van der Waals surface area (Å²) in [5, 5.41) is 6.56. The number of amides is 1. The molecule has 0 aliphatic carbocycles. The molecule has 1 N–H and O–H groups in total. The summed E-state index contributed by atoms with van der Waals surface area (Å²) in [5.74, 6) is -0.264. The van der Waals surface area contributed by atoms with Gasteiger partial charge in [-0.05, 0) is 18.2 Å². The van der Waals surface area contributed by atoms with Crippen molar-refractivity contribution < 1.29 is 4.79 Å². The van der Waals surface area contributed by atoms with Gasteiger partial charge in [-0.25, -0.2) is 4.68 Å². The van der Waals surface area contributed by atoms with Gasteiger partial charge in [-0.1, -0.05) is 6.07 Å². The van der Waals surface area contributed by atoms with Crippen LogP contribution in [0.2, 0.25) is 0 Å². The van der Waals surface area contributed by atoms with Crippen molar-refractivity contribution in [2.75, 3.05) is 6.54 Å². The van der Waals surface area contributed by atoms with Crippen LogP contribution in [0.5, 0.6) is 0 Å². The van der Waals surface area contributed by atoms with Crippen LogP contribution in [-0.2, 0) is 6.54 Å². The Bertz CT molecular complexity index is 580. The molecule has 92 valence electrons. The van der Waals surface area contributed by atoms with Crippen LogP contribution in [0.1, 0.15) is 10.5 Å². The first-order chi connectivity index (χ1) is 8.77. The van der Waals surface area contributed by atoms with E-state index >= 15 is 0 Å². The predicted octanol–water partition coefficient (Wildman–Crippen LogP) is 0.0683. The Hall–Kier alpha value is -2.50. The van der Waals surface area contributed by atoms with Crippen LogP contribution in [0.4, 0.5) is 0 Å². The molecular weight excluding hydrogens is 232 g/mol. The summed E-state index contributed by atoms with van der Waals surface area (Å²) in [5.41, 5.74) is 0.162. The molecule has 2 rings (SSSR count). The van der Waals surface area contributed by atoms with Crippen molar-refractivity contribution in [1.82, 2.24) is 20.1 Å². The van der Waals surface area contributed by atoms with Crippen LogP contribution < -0.4 is 10.9 Å². The molecule has 2 aromatic rings. The van der Waals surface area contributed by atoms with Crippen LogP contribution in [0, 0.1) is 0 Å².